The van der Waals surface area contributed by atoms with E-state index in [-0.39, 0.29) is 4.83 Å². The fraction of sp³-hybridized carbons (Fsp3) is 0.273. The minimum absolute atomic E-state index is 0.181. The Bertz CT molecular complexity index is 525. The molecule has 1 heterocycles. The second kappa shape index (κ2) is 5.18. The number of hydrogen-bond donors (Lipinski definition) is 0. The van der Waals surface area contributed by atoms with Crippen LogP contribution in [0.2, 0.25) is 0 Å². The fourth-order valence-electron chi connectivity index (χ4n) is 1.37. The predicted octanol–water partition coefficient (Wildman–Crippen LogP) is 3.49. The summed E-state index contributed by atoms with van der Waals surface area (Å²) in [4.78, 5) is 0.181. The van der Waals surface area contributed by atoms with Crippen molar-refractivity contribution in [1.82, 2.24) is 15.0 Å². The van der Waals surface area contributed by atoms with E-state index in [4.69, 9.17) is 4.74 Å². The highest BCUT2D eigenvalue weighted by Gasteiger charge is 2.10. The molecule has 0 N–H and O–H groups in total. The standard InChI is InChI=1S/C11H11Br2N3O/c1-7(12)10-6-16(15-14-10)11-5-8(17-2)3-4-9(11)13/h3-7H,1-2H3. The number of alkyl halides is 1. The molecule has 0 aliphatic carbocycles. The van der Waals surface area contributed by atoms with E-state index < -0.39 is 0 Å². The summed E-state index contributed by atoms with van der Waals surface area (Å²) in [5.41, 5.74) is 1.79. The largest absolute Gasteiger partial charge is 0.497 e. The van der Waals surface area contributed by atoms with Crippen molar-refractivity contribution in [2.24, 2.45) is 0 Å². The third-order valence-corrected chi connectivity index (χ3v) is 3.46. The molecule has 2 rings (SSSR count). The number of aromatic nitrogens is 3. The first kappa shape index (κ1) is 12.6. The van der Waals surface area contributed by atoms with Crippen LogP contribution in [0.25, 0.3) is 5.69 Å². The summed E-state index contributed by atoms with van der Waals surface area (Å²) in [6.07, 6.45) is 1.89. The van der Waals surface area contributed by atoms with Gasteiger partial charge in [0.25, 0.3) is 0 Å². The zero-order chi connectivity index (χ0) is 12.4. The molecule has 2 aromatic rings. The van der Waals surface area contributed by atoms with Crippen molar-refractivity contribution in [2.45, 2.75) is 11.8 Å². The molecule has 0 spiro atoms. The van der Waals surface area contributed by atoms with Crippen LogP contribution in [0, 0.1) is 0 Å². The van der Waals surface area contributed by atoms with Crippen molar-refractivity contribution in [2.75, 3.05) is 7.11 Å². The molecule has 0 saturated heterocycles. The van der Waals surface area contributed by atoms with Gasteiger partial charge in [-0.2, -0.15) is 0 Å². The first-order valence-electron chi connectivity index (χ1n) is 5.02. The van der Waals surface area contributed by atoms with Crippen LogP contribution in [0.4, 0.5) is 0 Å². The Kier molecular flexibility index (Phi) is 3.83. The lowest BCUT2D eigenvalue weighted by Crippen LogP contribution is -1.97. The van der Waals surface area contributed by atoms with Gasteiger partial charge in [0.1, 0.15) is 5.75 Å². The SMILES string of the molecule is COc1ccc(Br)c(-n2cc(C(C)Br)nn2)c1. The highest BCUT2D eigenvalue weighted by atomic mass is 79.9. The number of nitrogens with zero attached hydrogens (tertiary/aromatic N) is 3. The van der Waals surface area contributed by atoms with Gasteiger partial charge in [-0.1, -0.05) is 21.1 Å². The molecular weight excluding hydrogens is 350 g/mol. The number of ether oxygens (including phenoxy) is 1. The third-order valence-electron chi connectivity index (χ3n) is 2.32. The Labute approximate surface area is 116 Å². The van der Waals surface area contributed by atoms with Crippen molar-refractivity contribution in [3.8, 4) is 11.4 Å². The lowest BCUT2D eigenvalue weighted by atomic mass is 10.3. The van der Waals surface area contributed by atoms with E-state index in [2.05, 4.69) is 42.2 Å². The molecule has 1 aromatic carbocycles. The molecule has 1 atom stereocenters. The van der Waals surface area contributed by atoms with Crippen LogP contribution in [-0.4, -0.2) is 22.1 Å². The van der Waals surface area contributed by atoms with E-state index in [1.54, 1.807) is 11.8 Å². The molecule has 0 aliphatic heterocycles. The topological polar surface area (TPSA) is 39.9 Å². The van der Waals surface area contributed by atoms with Gasteiger partial charge in [0.2, 0.25) is 0 Å². The van der Waals surface area contributed by atoms with Crippen LogP contribution in [-0.2, 0) is 0 Å². The Morgan fingerprint density at radius 3 is 2.76 bits per heavy atom. The molecule has 0 radical (unpaired) electrons. The van der Waals surface area contributed by atoms with Gasteiger partial charge in [-0.15, -0.1) is 5.10 Å². The molecule has 0 amide bonds. The van der Waals surface area contributed by atoms with Gasteiger partial charge in [0, 0.05) is 10.5 Å². The molecule has 0 saturated carbocycles. The van der Waals surface area contributed by atoms with Crippen LogP contribution in [0.5, 0.6) is 5.75 Å². The quantitative estimate of drug-likeness (QED) is 0.786. The van der Waals surface area contributed by atoms with Gasteiger partial charge in [0.15, 0.2) is 0 Å². The van der Waals surface area contributed by atoms with Crippen molar-refractivity contribution in [3.05, 3.63) is 34.6 Å². The Balaban J connectivity index is 2.44. The van der Waals surface area contributed by atoms with Crippen LogP contribution in [0.3, 0.4) is 0 Å². The zero-order valence-corrected chi connectivity index (χ0v) is 12.6. The van der Waals surface area contributed by atoms with Gasteiger partial charge < -0.3 is 4.74 Å². The number of methoxy groups -OCH3 is 1. The summed E-state index contributed by atoms with van der Waals surface area (Å²) < 4.78 is 7.86. The smallest absolute Gasteiger partial charge is 0.121 e. The maximum atomic E-state index is 5.19. The van der Waals surface area contributed by atoms with Crippen molar-refractivity contribution in [1.29, 1.82) is 0 Å². The van der Waals surface area contributed by atoms with Gasteiger partial charge >= 0.3 is 0 Å². The van der Waals surface area contributed by atoms with Crippen LogP contribution < -0.4 is 4.74 Å². The van der Waals surface area contributed by atoms with E-state index in [1.165, 1.54) is 0 Å². The summed E-state index contributed by atoms with van der Waals surface area (Å²) in [5.74, 6) is 0.784. The van der Waals surface area contributed by atoms with Crippen molar-refractivity contribution >= 4 is 31.9 Å². The summed E-state index contributed by atoms with van der Waals surface area (Å²) in [5, 5.41) is 8.19. The number of halogens is 2. The Morgan fingerprint density at radius 2 is 2.18 bits per heavy atom. The predicted molar refractivity (Wildman–Crippen MR) is 73.0 cm³/mol. The van der Waals surface area contributed by atoms with Gasteiger partial charge in [-0.3, -0.25) is 0 Å². The molecule has 0 aliphatic rings. The summed E-state index contributed by atoms with van der Waals surface area (Å²) >= 11 is 6.95. The minimum atomic E-state index is 0.181. The average Bonchev–Trinajstić information content (AvgIpc) is 2.79. The summed E-state index contributed by atoms with van der Waals surface area (Å²) in [6, 6.07) is 5.72. The monoisotopic (exact) mass is 359 g/mol. The average molecular weight is 361 g/mol. The molecule has 17 heavy (non-hydrogen) atoms. The molecule has 4 nitrogen and oxygen atoms in total. The number of rotatable bonds is 3. The lowest BCUT2D eigenvalue weighted by molar-refractivity contribution is 0.414. The van der Waals surface area contributed by atoms with E-state index in [0.717, 1.165) is 21.6 Å². The molecule has 0 fully saturated rings. The third kappa shape index (κ3) is 2.69. The molecule has 90 valence electrons. The first-order chi connectivity index (χ1) is 8.11. The summed E-state index contributed by atoms with van der Waals surface area (Å²) in [7, 11) is 1.64. The normalized spacial score (nSPS) is 12.5. The van der Waals surface area contributed by atoms with Crippen molar-refractivity contribution in [3.63, 3.8) is 0 Å². The van der Waals surface area contributed by atoms with Gasteiger partial charge in [-0.25, -0.2) is 4.68 Å². The van der Waals surface area contributed by atoms with E-state index >= 15 is 0 Å². The maximum Gasteiger partial charge on any atom is 0.121 e. The van der Waals surface area contributed by atoms with E-state index in [0.29, 0.717) is 0 Å². The molecular formula is C11H11Br2N3O. The van der Waals surface area contributed by atoms with Crippen molar-refractivity contribution < 1.29 is 4.74 Å². The van der Waals surface area contributed by atoms with Crippen LogP contribution >= 0.6 is 31.9 Å². The number of benzene rings is 1. The molecule has 0 bridgehead atoms. The molecule has 6 heteroatoms. The zero-order valence-electron chi connectivity index (χ0n) is 9.39. The lowest BCUT2D eigenvalue weighted by Gasteiger charge is -2.06. The Hall–Kier alpha value is -0.880. The van der Waals surface area contributed by atoms with Gasteiger partial charge in [-0.05, 0) is 35.0 Å². The summed E-state index contributed by atoms with van der Waals surface area (Å²) in [6.45, 7) is 2.01. The highest BCUT2D eigenvalue weighted by molar-refractivity contribution is 9.10. The highest BCUT2D eigenvalue weighted by Crippen LogP contribution is 2.26. The second-order valence-corrected chi connectivity index (χ2v) is 5.75. The van der Waals surface area contributed by atoms with E-state index in [1.807, 2.05) is 31.3 Å². The maximum absolute atomic E-state index is 5.19. The van der Waals surface area contributed by atoms with Gasteiger partial charge in [0.05, 0.1) is 29.5 Å². The molecule has 1 unspecified atom stereocenters. The Morgan fingerprint density at radius 1 is 1.41 bits per heavy atom. The van der Waals surface area contributed by atoms with Crippen LogP contribution in [0.15, 0.2) is 28.9 Å². The fourth-order valence-corrected chi connectivity index (χ4v) is 2.01. The second-order valence-electron chi connectivity index (χ2n) is 3.52. The first-order valence-corrected chi connectivity index (χ1v) is 6.73. The van der Waals surface area contributed by atoms with E-state index in [9.17, 15) is 0 Å². The number of hydrogen-bond acceptors (Lipinski definition) is 3. The minimum Gasteiger partial charge on any atom is -0.497 e. The van der Waals surface area contributed by atoms with Crippen LogP contribution in [0.1, 0.15) is 17.4 Å². The molecule has 1 aromatic heterocycles.